The number of nitrogens with zero attached hydrogens (tertiary/aromatic N) is 3. The second-order valence-corrected chi connectivity index (χ2v) is 6.39. The lowest BCUT2D eigenvalue weighted by atomic mass is 10.2. The number of ether oxygens (including phenoxy) is 1. The van der Waals surface area contributed by atoms with Crippen molar-refractivity contribution in [2.24, 2.45) is 0 Å². The molecule has 8 heteroatoms. The minimum absolute atomic E-state index is 0.0170. The van der Waals surface area contributed by atoms with Gasteiger partial charge in [0.1, 0.15) is 17.4 Å². The van der Waals surface area contributed by atoms with E-state index < -0.39 is 17.5 Å². The quantitative estimate of drug-likeness (QED) is 0.467. The zero-order chi connectivity index (χ0) is 21.1. The van der Waals surface area contributed by atoms with Gasteiger partial charge in [-0.25, -0.2) is 13.5 Å². The zero-order valence-corrected chi connectivity index (χ0v) is 16.0. The third-order valence-electron chi connectivity index (χ3n) is 4.46. The van der Waals surface area contributed by atoms with Gasteiger partial charge in [0.25, 0.3) is 5.91 Å². The molecule has 0 spiro atoms. The third-order valence-corrected chi connectivity index (χ3v) is 4.46. The van der Waals surface area contributed by atoms with Crippen molar-refractivity contribution in [2.45, 2.75) is 6.54 Å². The maximum absolute atomic E-state index is 14.5. The third kappa shape index (κ3) is 3.80. The van der Waals surface area contributed by atoms with E-state index in [2.05, 4.69) is 5.10 Å². The standard InChI is InChI=1S/C22H17F2N3O3/c1-29-20-14-27(16-6-3-2-4-7-16)25-21(20)22(28)26(13-17-8-5-11-30-17)19-10-9-15(23)12-18(19)24/h2-12,14H,13H2,1H3. The molecule has 0 aliphatic carbocycles. The summed E-state index contributed by atoms with van der Waals surface area (Å²) in [6.45, 7) is -0.0737. The normalized spacial score (nSPS) is 10.8. The highest BCUT2D eigenvalue weighted by molar-refractivity contribution is 6.06. The van der Waals surface area contributed by atoms with Gasteiger partial charge < -0.3 is 9.15 Å². The number of aromatic nitrogens is 2. The summed E-state index contributed by atoms with van der Waals surface area (Å²) in [7, 11) is 1.42. The Bertz CT molecular complexity index is 1160. The number of rotatable bonds is 6. The molecule has 1 amide bonds. The smallest absolute Gasteiger partial charge is 0.283 e. The molecule has 4 rings (SSSR count). The Balaban J connectivity index is 1.77. The molecule has 0 saturated carbocycles. The monoisotopic (exact) mass is 409 g/mol. The molecule has 0 bridgehead atoms. The summed E-state index contributed by atoms with van der Waals surface area (Å²) in [5, 5.41) is 4.35. The van der Waals surface area contributed by atoms with E-state index >= 15 is 0 Å². The van der Waals surface area contributed by atoms with Crippen LogP contribution in [0.15, 0.2) is 77.5 Å². The second kappa shape index (κ2) is 8.20. The van der Waals surface area contributed by atoms with Gasteiger partial charge in [-0.1, -0.05) is 18.2 Å². The molecular weight excluding hydrogens is 392 g/mol. The molecule has 0 unspecified atom stereocenters. The number of hydrogen-bond donors (Lipinski definition) is 0. The van der Waals surface area contributed by atoms with Gasteiger partial charge >= 0.3 is 0 Å². The lowest BCUT2D eigenvalue weighted by molar-refractivity contribution is 0.0974. The summed E-state index contributed by atoms with van der Waals surface area (Å²) < 4.78 is 40.1. The van der Waals surface area contributed by atoms with E-state index in [1.165, 1.54) is 24.1 Å². The summed E-state index contributed by atoms with van der Waals surface area (Å²) in [5.41, 5.74) is 0.603. The van der Waals surface area contributed by atoms with Crippen LogP contribution >= 0.6 is 0 Å². The molecule has 30 heavy (non-hydrogen) atoms. The number of anilines is 1. The predicted molar refractivity (Wildman–Crippen MR) is 106 cm³/mol. The van der Waals surface area contributed by atoms with Crippen molar-refractivity contribution < 1.29 is 22.7 Å². The fourth-order valence-corrected chi connectivity index (χ4v) is 3.02. The molecular formula is C22H17F2N3O3. The molecule has 0 aliphatic rings. The Kier molecular flexibility index (Phi) is 5.30. The SMILES string of the molecule is COc1cn(-c2ccccc2)nc1C(=O)N(Cc1ccco1)c1ccc(F)cc1F. The summed E-state index contributed by atoms with van der Waals surface area (Å²) in [6.07, 6.45) is 3.01. The lowest BCUT2D eigenvalue weighted by Gasteiger charge is -2.22. The molecule has 4 aromatic rings. The minimum Gasteiger partial charge on any atom is -0.493 e. The van der Waals surface area contributed by atoms with E-state index in [9.17, 15) is 13.6 Å². The highest BCUT2D eigenvalue weighted by Gasteiger charge is 2.28. The van der Waals surface area contributed by atoms with Gasteiger partial charge in [0.2, 0.25) is 0 Å². The Hall–Kier alpha value is -3.94. The number of furan rings is 1. The number of hydrogen-bond acceptors (Lipinski definition) is 4. The number of benzene rings is 2. The Labute approximate surface area is 170 Å². The van der Waals surface area contributed by atoms with Crippen molar-refractivity contribution in [2.75, 3.05) is 12.0 Å². The summed E-state index contributed by atoms with van der Waals surface area (Å²) in [4.78, 5) is 14.5. The number of amides is 1. The van der Waals surface area contributed by atoms with Crippen molar-refractivity contribution >= 4 is 11.6 Å². The van der Waals surface area contributed by atoms with Crippen LogP contribution < -0.4 is 9.64 Å². The van der Waals surface area contributed by atoms with Crippen LogP contribution in [0.2, 0.25) is 0 Å². The van der Waals surface area contributed by atoms with Crippen LogP contribution in [0.5, 0.6) is 5.75 Å². The molecule has 0 saturated heterocycles. The van der Waals surface area contributed by atoms with E-state index in [1.54, 1.807) is 18.3 Å². The summed E-state index contributed by atoms with van der Waals surface area (Å²) >= 11 is 0. The Morgan fingerprint density at radius 1 is 1.13 bits per heavy atom. The van der Waals surface area contributed by atoms with Gasteiger partial charge in [0.15, 0.2) is 11.4 Å². The number of methoxy groups -OCH3 is 1. The highest BCUT2D eigenvalue weighted by Crippen LogP contribution is 2.28. The zero-order valence-electron chi connectivity index (χ0n) is 16.0. The molecule has 2 aromatic heterocycles. The van der Waals surface area contributed by atoms with Crippen LogP contribution in [-0.4, -0.2) is 22.8 Å². The molecule has 152 valence electrons. The van der Waals surface area contributed by atoms with E-state index in [0.717, 1.165) is 22.7 Å². The van der Waals surface area contributed by atoms with E-state index in [1.807, 2.05) is 30.3 Å². The first-order valence-corrected chi connectivity index (χ1v) is 9.05. The Morgan fingerprint density at radius 3 is 2.60 bits per heavy atom. The average Bonchev–Trinajstić information content (AvgIpc) is 3.42. The molecule has 0 radical (unpaired) electrons. The topological polar surface area (TPSA) is 60.5 Å². The maximum Gasteiger partial charge on any atom is 0.283 e. The molecule has 2 heterocycles. The van der Waals surface area contributed by atoms with E-state index in [4.69, 9.17) is 9.15 Å². The van der Waals surface area contributed by atoms with Crippen LogP contribution in [0.3, 0.4) is 0 Å². The highest BCUT2D eigenvalue weighted by atomic mass is 19.1. The van der Waals surface area contributed by atoms with Crippen molar-refractivity contribution in [1.29, 1.82) is 0 Å². The average molecular weight is 409 g/mol. The first-order chi connectivity index (χ1) is 14.6. The van der Waals surface area contributed by atoms with Crippen molar-refractivity contribution in [3.05, 3.63) is 96.2 Å². The molecule has 0 aliphatic heterocycles. The van der Waals surface area contributed by atoms with Gasteiger partial charge in [-0.05, 0) is 36.4 Å². The number of para-hydroxylation sites is 1. The van der Waals surface area contributed by atoms with Gasteiger partial charge in [-0.15, -0.1) is 0 Å². The number of carbonyl (C=O) groups is 1. The Morgan fingerprint density at radius 2 is 1.93 bits per heavy atom. The van der Waals surface area contributed by atoms with Gasteiger partial charge in [-0.3, -0.25) is 9.69 Å². The molecule has 0 atom stereocenters. The summed E-state index contributed by atoms with van der Waals surface area (Å²) in [6, 6.07) is 15.5. The van der Waals surface area contributed by atoms with E-state index in [0.29, 0.717) is 5.76 Å². The first kappa shape index (κ1) is 19.4. The van der Waals surface area contributed by atoms with Gasteiger partial charge in [0.05, 0.1) is 37.5 Å². The van der Waals surface area contributed by atoms with Crippen LogP contribution in [0, 0.1) is 11.6 Å². The van der Waals surface area contributed by atoms with Crippen molar-refractivity contribution in [3.63, 3.8) is 0 Å². The predicted octanol–water partition coefficient (Wildman–Crippen LogP) is 4.60. The van der Waals surface area contributed by atoms with Crippen molar-refractivity contribution in [1.82, 2.24) is 9.78 Å². The summed E-state index contributed by atoms with van der Waals surface area (Å²) in [5.74, 6) is -1.60. The van der Waals surface area contributed by atoms with Crippen LogP contribution in [-0.2, 0) is 6.54 Å². The molecule has 0 fully saturated rings. The van der Waals surface area contributed by atoms with Crippen molar-refractivity contribution in [3.8, 4) is 11.4 Å². The van der Waals surface area contributed by atoms with Gasteiger partial charge in [-0.2, -0.15) is 5.10 Å². The van der Waals surface area contributed by atoms with Crippen LogP contribution in [0.25, 0.3) is 5.69 Å². The number of halogens is 2. The van der Waals surface area contributed by atoms with Crippen LogP contribution in [0.4, 0.5) is 14.5 Å². The second-order valence-electron chi connectivity index (χ2n) is 6.39. The lowest BCUT2D eigenvalue weighted by Crippen LogP contribution is -2.32. The maximum atomic E-state index is 14.5. The molecule has 0 N–H and O–H groups in total. The fourth-order valence-electron chi connectivity index (χ4n) is 3.02. The first-order valence-electron chi connectivity index (χ1n) is 9.05. The minimum atomic E-state index is -0.878. The fraction of sp³-hybridized carbons (Fsp3) is 0.0909. The number of carbonyl (C=O) groups excluding carboxylic acids is 1. The van der Waals surface area contributed by atoms with E-state index in [-0.39, 0.29) is 23.7 Å². The van der Waals surface area contributed by atoms with Gasteiger partial charge in [0, 0.05) is 6.07 Å². The molecule has 6 nitrogen and oxygen atoms in total. The van der Waals surface area contributed by atoms with Crippen LogP contribution in [0.1, 0.15) is 16.2 Å². The largest absolute Gasteiger partial charge is 0.493 e. The molecule has 2 aromatic carbocycles.